The minimum atomic E-state index is -0.0233. The zero-order valence-corrected chi connectivity index (χ0v) is 12.4. The first kappa shape index (κ1) is 15.7. The van der Waals surface area contributed by atoms with Gasteiger partial charge in [-0.2, -0.15) is 0 Å². The first-order valence-corrected chi connectivity index (χ1v) is 7.24. The van der Waals surface area contributed by atoms with Crippen LogP contribution in [0, 0.1) is 0 Å². The molecule has 1 aromatic carbocycles. The first-order valence-electron chi connectivity index (χ1n) is 7.24. The third-order valence-electron chi connectivity index (χ3n) is 3.07. The van der Waals surface area contributed by atoms with Crippen LogP contribution >= 0.6 is 0 Å². The van der Waals surface area contributed by atoms with Gasteiger partial charge in [0.1, 0.15) is 0 Å². The van der Waals surface area contributed by atoms with Crippen molar-refractivity contribution in [1.82, 2.24) is 4.90 Å². The highest BCUT2D eigenvalue weighted by Crippen LogP contribution is 2.10. The number of nitrogens with zero attached hydrogens (tertiary/aromatic N) is 1. The van der Waals surface area contributed by atoms with Crippen molar-refractivity contribution in [2.45, 2.75) is 40.0 Å². The number of hydrogen-bond donors (Lipinski definition) is 1. The van der Waals surface area contributed by atoms with E-state index in [9.17, 15) is 4.79 Å². The van der Waals surface area contributed by atoms with Gasteiger partial charge in [-0.25, -0.2) is 0 Å². The normalized spacial score (nSPS) is 10.7. The molecule has 0 aromatic heterocycles. The fourth-order valence-electron chi connectivity index (χ4n) is 2.21. The van der Waals surface area contributed by atoms with E-state index in [-0.39, 0.29) is 5.91 Å². The number of carbonyl (C=O) groups excluding carboxylic acids is 1. The zero-order chi connectivity index (χ0) is 14.1. The molecule has 0 aliphatic carbocycles. The van der Waals surface area contributed by atoms with E-state index in [4.69, 9.17) is 0 Å². The largest absolute Gasteiger partial charge is 0.326 e. The Bertz CT molecular complexity index is 367. The van der Waals surface area contributed by atoms with E-state index in [1.54, 1.807) is 0 Å². The number of amides is 1. The number of anilines is 1. The van der Waals surface area contributed by atoms with Crippen LogP contribution < -0.4 is 5.32 Å². The summed E-state index contributed by atoms with van der Waals surface area (Å²) < 4.78 is 0. The van der Waals surface area contributed by atoms with Crippen molar-refractivity contribution in [2.75, 3.05) is 25.0 Å². The van der Waals surface area contributed by atoms with Crippen molar-refractivity contribution < 1.29 is 4.79 Å². The van der Waals surface area contributed by atoms with Crippen LogP contribution in [-0.4, -0.2) is 30.4 Å². The third kappa shape index (κ3) is 6.39. The fourth-order valence-corrected chi connectivity index (χ4v) is 2.21. The van der Waals surface area contributed by atoms with Crippen molar-refractivity contribution in [3.05, 3.63) is 29.8 Å². The summed E-state index contributed by atoms with van der Waals surface area (Å²) in [6.07, 6.45) is 3.49. The summed E-state index contributed by atoms with van der Waals surface area (Å²) in [6, 6.07) is 8.14. The molecular formula is C16H26N2O. The second-order valence-electron chi connectivity index (χ2n) is 4.97. The molecular weight excluding hydrogens is 236 g/mol. The average Bonchev–Trinajstić information content (AvgIpc) is 2.37. The summed E-state index contributed by atoms with van der Waals surface area (Å²) in [7, 11) is 0. The molecule has 0 spiro atoms. The summed E-state index contributed by atoms with van der Waals surface area (Å²) in [5, 5.41) is 2.79. The van der Waals surface area contributed by atoms with Crippen LogP contribution in [-0.2, 0) is 11.2 Å². The molecule has 1 aromatic rings. The molecule has 19 heavy (non-hydrogen) atoms. The maximum atomic E-state index is 10.9. The predicted molar refractivity (Wildman–Crippen MR) is 81.5 cm³/mol. The van der Waals surface area contributed by atoms with Gasteiger partial charge in [-0.1, -0.05) is 26.0 Å². The van der Waals surface area contributed by atoms with Crippen molar-refractivity contribution >= 4 is 11.6 Å². The highest BCUT2D eigenvalue weighted by atomic mass is 16.1. The Balaban J connectivity index is 2.45. The molecule has 3 heteroatoms. The van der Waals surface area contributed by atoms with Crippen molar-refractivity contribution in [2.24, 2.45) is 0 Å². The van der Waals surface area contributed by atoms with Crippen molar-refractivity contribution in [3.63, 3.8) is 0 Å². The van der Waals surface area contributed by atoms with E-state index in [0.717, 1.165) is 18.7 Å². The number of carbonyl (C=O) groups is 1. The standard InChI is InChI=1S/C16H26N2O/c1-4-11-18(12-5-2)13-10-15-6-8-16(9-7-15)17-14(3)19/h6-9H,4-5,10-13H2,1-3H3,(H,17,19). The zero-order valence-electron chi connectivity index (χ0n) is 12.4. The summed E-state index contributed by atoms with van der Waals surface area (Å²) in [6.45, 7) is 9.45. The SMILES string of the molecule is CCCN(CCC)CCc1ccc(NC(C)=O)cc1. The molecule has 0 aliphatic heterocycles. The van der Waals surface area contributed by atoms with E-state index in [1.807, 2.05) is 12.1 Å². The Morgan fingerprint density at radius 1 is 1.05 bits per heavy atom. The molecule has 0 saturated carbocycles. The van der Waals surface area contributed by atoms with Gasteiger partial charge in [-0.15, -0.1) is 0 Å². The Labute approximate surface area is 117 Å². The molecule has 0 fully saturated rings. The van der Waals surface area contributed by atoms with Crippen molar-refractivity contribution in [3.8, 4) is 0 Å². The van der Waals surface area contributed by atoms with Crippen LogP contribution in [0.2, 0.25) is 0 Å². The predicted octanol–water partition coefficient (Wildman–Crippen LogP) is 3.31. The van der Waals surface area contributed by atoms with Crippen LogP contribution in [0.5, 0.6) is 0 Å². The van der Waals surface area contributed by atoms with E-state index in [2.05, 4.69) is 36.2 Å². The second-order valence-corrected chi connectivity index (χ2v) is 4.97. The Kier molecular flexibility index (Phi) is 7.19. The molecule has 0 heterocycles. The Morgan fingerprint density at radius 2 is 1.63 bits per heavy atom. The minimum Gasteiger partial charge on any atom is -0.326 e. The molecule has 106 valence electrons. The molecule has 0 bridgehead atoms. The third-order valence-corrected chi connectivity index (χ3v) is 3.07. The van der Waals surface area contributed by atoms with Gasteiger partial charge >= 0.3 is 0 Å². The molecule has 0 saturated heterocycles. The van der Waals surface area contributed by atoms with Gasteiger partial charge in [0.2, 0.25) is 5.91 Å². The lowest BCUT2D eigenvalue weighted by Crippen LogP contribution is -2.27. The van der Waals surface area contributed by atoms with Crippen LogP contribution in [0.4, 0.5) is 5.69 Å². The number of hydrogen-bond acceptors (Lipinski definition) is 2. The van der Waals surface area contributed by atoms with Crippen LogP contribution in [0.1, 0.15) is 39.2 Å². The minimum absolute atomic E-state index is 0.0233. The monoisotopic (exact) mass is 262 g/mol. The highest BCUT2D eigenvalue weighted by Gasteiger charge is 2.03. The smallest absolute Gasteiger partial charge is 0.221 e. The van der Waals surface area contributed by atoms with Gasteiger partial charge in [-0.3, -0.25) is 4.79 Å². The quantitative estimate of drug-likeness (QED) is 0.779. The maximum absolute atomic E-state index is 10.9. The molecule has 1 amide bonds. The van der Waals surface area contributed by atoms with Gasteiger partial charge in [-0.05, 0) is 50.0 Å². The number of benzene rings is 1. The molecule has 0 aliphatic rings. The molecule has 1 N–H and O–H groups in total. The van der Waals surface area contributed by atoms with Gasteiger partial charge in [0.15, 0.2) is 0 Å². The van der Waals surface area contributed by atoms with E-state index >= 15 is 0 Å². The number of nitrogens with one attached hydrogen (secondary N) is 1. The second kappa shape index (κ2) is 8.70. The molecule has 0 atom stereocenters. The van der Waals surface area contributed by atoms with E-state index < -0.39 is 0 Å². The lowest BCUT2D eigenvalue weighted by molar-refractivity contribution is -0.114. The van der Waals surface area contributed by atoms with Crippen LogP contribution in [0.15, 0.2) is 24.3 Å². The molecule has 3 nitrogen and oxygen atoms in total. The lowest BCUT2D eigenvalue weighted by Gasteiger charge is -2.20. The van der Waals surface area contributed by atoms with Crippen LogP contribution in [0.25, 0.3) is 0 Å². The maximum Gasteiger partial charge on any atom is 0.221 e. The highest BCUT2D eigenvalue weighted by molar-refractivity contribution is 5.88. The van der Waals surface area contributed by atoms with E-state index in [0.29, 0.717) is 0 Å². The molecule has 0 unspecified atom stereocenters. The van der Waals surface area contributed by atoms with Crippen molar-refractivity contribution in [1.29, 1.82) is 0 Å². The van der Waals surface area contributed by atoms with Gasteiger partial charge < -0.3 is 10.2 Å². The average molecular weight is 262 g/mol. The van der Waals surface area contributed by atoms with Crippen LogP contribution in [0.3, 0.4) is 0 Å². The Morgan fingerprint density at radius 3 is 2.11 bits per heavy atom. The summed E-state index contributed by atoms with van der Waals surface area (Å²) in [5.74, 6) is -0.0233. The summed E-state index contributed by atoms with van der Waals surface area (Å²) in [5.41, 5.74) is 2.20. The fraction of sp³-hybridized carbons (Fsp3) is 0.562. The first-order chi connectivity index (χ1) is 9.15. The van der Waals surface area contributed by atoms with E-state index in [1.165, 1.54) is 38.4 Å². The Hall–Kier alpha value is -1.35. The lowest BCUT2D eigenvalue weighted by atomic mass is 10.1. The van der Waals surface area contributed by atoms with Gasteiger partial charge in [0, 0.05) is 19.2 Å². The summed E-state index contributed by atoms with van der Waals surface area (Å²) >= 11 is 0. The van der Waals surface area contributed by atoms with Gasteiger partial charge in [0.25, 0.3) is 0 Å². The molecule has 1 rings (SSSR count). The number of rotatable bonds is 8. The van der Waals surface area contributed by atoms with Gasteiger partial charge in [0.05, 0.1) is 0 Å². The topological polar surface area (TPSA) is 32.3 Å². The molecule has 0 radical (unpaired) electrons. The summed E-state index contributed by atoms with van der Waals surface area (Å²) in [4.78, 5) is 13.5.